The van der Waals surface area contributed by atoms with Crippen LogP contribution >= 0.6 is 0 Å². The zero-order valence-corrected chi connectivity index (χ0v) is 17.1. The second-order valence-electron chi connectivity index (χ2n) is 7.05. The number of benzene rings is 3. The van der Waals surface area contributed by atoms with Crippen molar-refractivity contribution in [2.75, 3.05) is 11.9 Å². The Morgan fingerprint density at radius 3 is 2.12 bits per heavy atom. The fraction of sp³-hybridized carbons (Fsp3) is 0.125. The highest BCUT2D eigenvalue weighted by molar-refractivity contribution is 6.10. The summed E-state index contributed by atoms with van der Waals surface area (Å²) < 4.78 is 38.6. The van der Waals surface area contributed by atoms with Gasteiger partial charge >= 0.3 is 6.18 Å². The molecule has 3 N–H and O–H groups in total. The molecule has 0 saturated carbocycles. The van der Waals surface area contributed by atoms with Crippen LogP contribution in [0, 0.1) is 0 Å². The number of hydrogen-bond acceptors (Lipinski definition) is 4. The van der Waals surface area contributed by atoms with Crippen LogP contribution in [-0.4, -0.2) is 35.4 Å². The number of amides is 2. The molecule has 0 heterocycles. The summed E-state index contributed by atoms with van der Waals surface area (Å²) in [5.74, 6) is -1.94. The Morgan fingerprint density at radius 2 is 1.45 bits per heavy atom. The van der Waals surface area contributed by atoms with Crippen molar-refractivity contribution in [3.63, 3.8) is 0 Å². The molecule has 1 atom stereocenters. The highest BCUT2D eigenvalue weighted by Crippen LogP contribution is 2.30. The van der Waals surface area contributed by atoms with Crippen LogP contribution in [0.1, 0.15) is 31.8 Å². The molecular formula is C24H19F3N2O4. The second kappa shape index (κ2) is 10.1. The molecule has 0 bridgehead atoms. The lowest BCUT2D eigenvalue weighted by molar-refractivity contribution is -0.137. The molecule has 9 heteroatoms. The maximum Gasteiger partial charge on any atom is 0.416 e. The molecule has 3 aromatic rings. The number of hydrogen-bond donors (Lipinski definition) is 3. The summed E-state index contributed by atoms with van der Waals surface area (Å²) in [5.41, 5.74) is -0.337. The molecule has 0 aliphatic carbocycles. The summed E-state index contributed by atoms with van der Waals surface area (Å²) in [6.07, 6.45) is -4.59. The minimum atomic E-state index is -4.59. The van der Waals surface area contributed by atoms with Gasteiger partial charge in [-0.05, 0) is 30.3 Å². The number of anilines is 1. The fourth-order valence-corrected chi connectivity index (χ4v) is 3.00. The van der Waals surface area contributed by atoms with Gasteiger partial charge in [0.2, 0.25) is 5.91 Å². The van der Waals surface area contributed by atoms with Gasteiger partial charge in [-0.2, -0.15) is 13.2 Å². The molecule has 6 nitrogen and oxygen atoms in total. The lowest BCUT2D eigenvalue weighted by atomic mass is 10.0. The minimum Gasteiger partial charge on any atom is -0.394 e. The molecule has 33 heavy (non-hydrogen) atoms. The smallest absolute Gasteiger partial charge is 0.394 e. The molecule has 1 unspecified atom stereocenters. The summed E-state index contributed by atoms with van der Waals surface area (Å²) in [4.78, 5) is 37.6. The first-order valence-corrected chi connectivity index (χ1v) is 9.78. The maximum atomic E-state index is 12.9. The zero-order chi connectivity index (χ0) is 24.0. The van der Waals surface area contributed by atoms with Crippen molar-refractivity contribution in [2.24, 2.45) is 0 Å². The largest absolute Gasteiger partial charge is 0.416 e. The van der Waals surface area contributed by atoms with Crippen molar-refractivity contribution >= 4 is 23.3 Å². The van der Waals surface area contributed by atoms with Crippen molar-refractivity contribution in [1.82, 2.24) is 5.32 Å². The zero-order valence-electron chi connectivity index (χ0n) is 17.1. The number of halogens is 3. The van der Waals surface area contributed by atoms with Gasteiger partial charge in [-0.15, -0.1) is 0 Å². The van der Waals surface area contributed by atoms with E-state index >= 15 is 0 Å². The number of carbonyl (C=O) groups excluding carboxylic acids is 3. The standard InChI is InChI=1S/C24H19F3N2O4/c25-24(26,27)18-10-5-11-19(13-18)28-23(33)20(14-30)29-22(32)17-9-4-8-16(12-17)21(31)15-6-2-1-3-7-15/h1-13,20,30H,14H2,(H,28,33)(H,29,32). The molecule has 0 aliphatic rings. The van der Waals surface area contributed by atoms with Crippen LogP contribution < -0.4 is 10.6 Å². The van der Waals surface area contributed by atoms with Gasteiger partial charge in [0.05, 0.1) is 12.2 Å². The molecule has 0 aromatic heterocycles. The molecule has 3 rings (SSSR count). The van der Waals surface area contributed by atoms with Crippen LogP contribution in [0.2, 0.25) is 0 Å². The number of rotatable bonds is 7. The number of alkyl halides is 3. The third kappa shape index (κ3) is 6.05. The van der Waals surface area contributed by atoms with Gasteiger partial charge in [0.15, 0.2) is 5.78 Å². The number of ketones is 1. The number of nitrogens with one attached hydrogen (secondary N) is 2. The van der Waals surface area contributed by atoms with E-state index in [0.717, 1.165) is 18.2 Å². The van der Waals surface area contributed by atoms with E-state index in [1.54, 1.807) is 30.3 Å². The fourth-order valence-electron chi connectivity index (χ4n) is 3.00. The van der Waals surface area contributed by atoms with Crippen LogP contribution in [-0.2, 0) is 11.0 Å². The van der Waals surface area contributed by atoms with E-state index in [4.69, 9.17) is 0 Å². The third-order valence-corrected chi connectivity index (χ3v) is 4.68. The Labute approximate surface area is 187 Å². The summed E-state index contributed by atoms with van der Waals surface area (Å²) in [5, 5.41) is 14.1. The predicted octanol–water partition coefficient (Wildman–Crippen LogP) is 3.67. The average molecular weight is 456 g/mol. The molecule has 0 aliphatic heterocycles. The topological polar surface area (TPSA) is 95.5 Å². The summed E-state index contributed by atoms with van der Waals surface area (Å²) in [7, 11) is 0. The van der Waals surface area contributed by atoms with Crippen LogP contribution in [0.5, 0.6) is 0 Å². The van der Waals surface area contributed by atoms with E-state index in [0.29, 0.717) is 5.56 Å². The Hall–Kier alpha value is -3.98. The highest BCUT2D eigenvalue weighted by atomic mass is 19.4. The number of carbonyl (C=O) groups is 3. The SMILES string of the molecule is O=C(NC(CO)C(=O)Nc1cccc(C(F)(F)F)c1)c1cccc(C(=O)c2ccccc2)c1. The molecule has 0 radical (unpaired) electrons. The first kappa shape index (κ1) is 23.7. The normalized spacial score (nSPS) is 12.0. The maximum absolute atomic E-state index is 12.9. The van der Waals surface area contributed by atoms with Crippen molar-refractivity contribution in [2.45, 2.75) is 12.2 Å². The van der Waals surface area contributed by atoms with Gasteiger partial charge in [0, 0.05) is 22.4 Å². The van der Waals surface area contributed by atoms with Crippen LogP contribution in [0.4, 0.5) is 18.9 Å². The lowest BCUT2D eigenvalue weighted by Crippen LogP contribution is -2.46. The number of aliphatic hydroxyl groups is 1. The summed E-state index contributed by atoms with van der Waals surface area (Å²) >= 11 is 0. The molecule has 3 aromatic carbocycles. The first-order chi connectivity index (χ1) is 15.7. The van der Waals surface area contributed by atoms with Crippen LogP contribution in [0.15, 0.2) is 78.9 Å². The number of aliphatic hydroxyl groups excluding tert-OH is 1. The van der Waals surface area contributed by atoms with E-state index in [2.05, 4.69) is 10.6 Å². The molecule has 0 spiro atoms. The second-order valence-corrected chi connectivity index (χ2v) is 7.05. The summed E-state index contributed by atoms with van der Waals surface area (Å²) in [6.45, 7) is -0.792. The lowest BCUT2D eigenvalue weighted by Gasteiger charge is -2.17. The molecular weight excluding hydrogens is 437 g/mol. The Kier molecular flexibility index (Phi) is 7.24. The van der Waals surface area contributed by atoms with Gasteiger partial charge in [0.1, 0.15) is 6.04 Å². The van der Waals surface area contributed by atoms with Crippen molar-refractivity contribution in [1.29, 1.82) is 0 Å². The molecule has 0 fully saturated rings. The quantitative estimate of drug-likeness (QED) is 0.473. The average Bonchev–Trinajstić information content (AvgIpc) is 2.82. The predicted molar refractivity (Wildman–Crippen MR) is 115 cm³/mol. The van der Waals surface area contributed by atoms with E-state index in [1.165, 1.54) is 30.3 Å². The van der Waals surface area contributed by atoms with E-state index < -0.39 is 36.2 Å². The summed E-state index contributed by atoms with van der Waals surface area (Å²) in [6, 6.07) is 16.8. The van der Waals surface area contributed by atoms with E-state index in [-0.39, 0.29) is 22.6 Å². The van der Waals surface area contributed by atoms with Crippen molar-refractivity contribution in [3.8, 4) is 0 Å². The molecule has 170 valence electrons. The highest BCUT2D eigenvalue weighted by Gasteiger charge is 2.31. The Bertz CT molecular complexity index is 1160. The van der Waals surface area contributed by atoms with Crippen LogP contribution in [0.3, 0.4) is 0 Å². The van der Waals surface area contributed by atoms with Crippen LogP contribution in [0.25, 0.3) is 0 Å². The van der Waals surface area contributed by atoms with Gasteiger partial charge in [-0.3, -0.25) is 14.4 Å². The van der Waals surface area contributed by atoms with Gasteiger partial charge in [0.25, 0.3) is 5.91 Å². The van der Waals surface area contributed by atoms with Crippen molar-refractivity contribution in [3.05, 3.63) is 101 Å². The third-order valence-electron chi connectivity index (χ3n) is 4.68. The Balaban J connectivity index is 1.71. The van der Waals surface area contributed by atoms with Gasteiger partial charge < -0.3 is 15.7 Å². The molecule has 2 amide bonds. The van der Waals surface area contributed by atoms with Gasteiger partial charge in [-0.25, -0.2) is 0 Å². The first-order valence-electron chi connectivity index (χ1n) is 9.78. The monoisotopic (exact) mass is 456 g/mol. The minimum absolute atomic E-state index is 0.0714. The Morgan fingerprint density at radius 1 is 0.818 bits per heavy atom. The molecule has 0 saturated heterocycles. The van der Waals surface area contributed by atoms with E-state index in [1.807, 2.05) is 0 Å². The van der Waals surface area contributed by atoms with Crippen molar-refractivity contribution < 1.29 is 32.7 Å². The van der Waals surface area contributed by atoms with Gasteiger partial charge in [-0.1, -0.05) is 48.5 Å². The van der Waals surface area contributed by atoms with E-state index in [9.17, 15) is 32.7 Å².